The molecule has 4 aromatic rings. The number of carbonyl (C=O) groups is 1. The van der Waals surface area contributed by atoms with Crippen molar-refractivity contribution in [1.82, 2.24) is 14.9 Å². The summed E-state index contributed by atoms with van der Waals surface area (Å²) in [7, 11) is 0. The van der Waals surface area contributed by atoms with Gasteiger partial charge < -0.3 is 19.2 Å². The van der Waals surface area contributed by atoms with Crippen LogP contribution in [0.2, 0.25) is 0 Å². The van der Waals surface area contributed by atoms with E-state index in [2.05, 4.69) is 46.4 Å². The van der Waals surface area contributed by atoms with E-state index in [1.807, 2.05) is 41.1 Å². The molecule has 0 spiro atoms. The number of rotatable bonds is 6. The van der Waals surface area contributed by atoms with Crippen molar-refractivity contribution in [1.29, 1.82) is 0 Å². The highest BCUT2D eigenvalue weighted by atomic mass is 16.3. The third-order valence-corrected chi connectivity index (χ3v) is 5.83. The van der Waals surface area contributed by atoms with Gasteiger partial charge in [-0.05, 0) is 48.7 Å². The van der Waals surface area contributed by atoms with Crippen molar-refractivity contribution in [3.05, 3.63) is 102 Å². The summed E-state index contributed by atoms with van der Waals surface area (Å²) in [6.45, 7) is 3.30. The van der Waals surface area contributed by atoms with E-state index in [-0.39, 0.29) is 5.91 Å². The molecule has 0 fully saturated rings. The molecule has 0 aliphatic carbocycles. The maximum Gasteiger partial charge on any atom is 0.287 e. The molecular formula is C25H24N4O2. The number of para-hydroxylation sites is 1. The Bertz CT molecular complexity index is 1180. The van der Waals surface area contributed by atoms with Crippen LogP contribution in [0, 0.1) is 0 Å². The molecule has 1 unspecified atom stereocenters. The van der Waals surface area contributed by atoms with Crippen molar-refractivity contribution in [2.75, 3.05) is 4.90 Å². The third kappa shape index (κ3) is 3.84. The van der Waals surface area contributed by atoms with E-state index in [1.165, 1.54) is 11.3 Å². The molecule has 5 rings (SSSR count). The highest BCUT2D eigenvalue weighted by Crippen LogP contribution is 2.33. The number of nitrogens with zero attached hydrogens (tertiary/aromatic N) is 3. The minimum Gasteiger partial charge on any atom is -0.459 e. The van der Waals surface area contributed by atoms with Crippen LogP contribution in [0.25, 0.3) is 5.69 Å². The minimum atomic E-state index is -0.196. The average Bonchev–Trinajstić information content (AvgIpc) is 3.54. The van der Waals surface area contributed by atoms with E-state index in [4.69, 9.17) is 4.42 Å². The largest absolute Gasteiger partial charge is 0.459 e. The number of carbonyl (C=O) groups excluding carboxylic acids is 1. The summed E-state index contributed by atoms with van der Waals surface area (Å²) in [6, 6.07) is 18.8. The molecule has 3 heterocycles. The number of furan rings is 1. The van der Waals surface area contributed by atoms with Gasteiger partial charge in [-0.1, -0.05) is 30.3 Å². The SMILES string of the molecule is CC1Cc2ccccc2N1Cc1ccoc1C(=O)NCc1ccc(-n2ccnc2)cc1. The fourth-order valence-electron chi connectivity index (χ4n) is 4.17. The van der Waals surface area contributed by atoms with E-state index in [0.717, 1.165) is 23.2 Å². The molecule has 2 aromatic heterocycles. The second-order valence-corrected chi connectivity index (χ2v) is 7.90. The molecule has 1 N–H and O–H groups in total. The quantitative estimate of drug-likeness (QED) is 0.512. The first kappa shape index (κ1) is 19.2. The Labute approximate surface area is 181 Å². The van der Waals surface area contributed by atoms with Gasteiger partial charge >= 0.3 is 0 Å². The third-order valence-electron chi connectivity index (χ3n) is 5.83. The van der Waals surface area contributed by atoms with Gasteiger partial charge in [-0.3, -0.25) is 4.79 Å². The van der Waals surface area contributed by atoms with Crippen LogP contribution in [0.3, 0.4) is 0 Å². The van der Waals surface area contributed by atoms with Crippen LogP contribution in [0.5, 0.6) is 0 Å². The van der Waals surface area contributed by atoms with Crippen molar-refractivity contribution in [3.63, 3.8) is 0 Å². The Kier molecular flexibility index (Phi) is 5.04. The molecule has 6 nitrogen and oxygen atoms in total. The predicted octanol–water partition coefficient (Wildman–Crippen LogP) is 4.35. The summed E-state index contributed by atoms with van der Waals surface area (Å²) in [4.78, 5) is 19.2. The maximum atomic E-state index is 12.8. The zero-order valence-electron chi connectivity index (χ0n) is 17.4. The number of aromatic nitrogens is 2. The predicted molar refractivity (Wildman–Crippen MR) is 119 cm³/mol. The number of anilines is 1. The van der Waals surface area contributed by atoms with Crippen molar-refractivity contribution < 1.29 is 9.21 Å². The molecule has 31 heavy (non-hydrogen) atoms. The monoisotopic (exact) mass is 412 g/mol. The molecule has 1 aliphatic rings. The number of hydrogen-bond donors (Lipinski definition) is 1. The van der Waals surface area contributed by atoms with E-state index in [1.54, 1.807) is 18.8 Å². The fraction of sp³-hybridized carbons (Fsp3) is 0.200. The lowest BCUT2D eigenvalue weighted by atomic mass is 10.1. The second kappa shape index (κ2) is 8.14. The van der Waals surface area contributed by atoms with Crippen LogP contribution in [0.15, 0.2) is 84.0 Å². The van der Waals surface area contributed by atoms with Gasteiger partial charge in [0.25, 0.3) is 5.91 Å². The van der Waals surface area contributed by atoms with Crippen molar-refractivity contribution in [2.45, 2.75) is 32.5 Å². The zero-order chi connectivity index (χ0) is 21.2. The van der Waals surface area contributed by atoms with E-state index < -0.39 is 0 Å². The summed E-state index contributed by atoms with van der Waals surface area (Å²) < 4.78 is 7.51. The summed E-state index contributed by atoms with van der Waals surface area (Å²) >= 11 is 0. The Hall–Kier alpha value is -3.80. The normalized spacial score (nSPS) is 15.1. The van der Waals surface area contributed by atoms with Crippen molar-refractivity contribution >= 4 is 11.6 Å². The van der Waals surface area contributed by atoms with Gasteiger partial charge in [-0.25, -0.2) is 4.98 Å². The van der Waals surface area contributed by atoms with Crippen LogP contribution in [0.4, 0.5) is 5.69 Å². The van der Waals surface area contributed by atoms with Gasteiger partial charge in [-0.15, -0.1) is 0 Å². The molecule has 156 valence electrons. The van der Waals surface area contributed by atoms with Crippen LogP contribution in [-0.2, 0) is 19.5 Å². The lowest BCUT2D eigenvalue weighted by molar-refractivity contribution is 0.0921. The lowest BCUT2D eigenvalue weighted by Gasteiger charge is -2.24. The zero-order valence-corrected chi connectivity index (χ0v) is 17.4. The highest BCUT2D eigenvalue weighted by Gasteiger charge is 2.27. The molecule has 0 radical (unpaired) electrons. The molecule has 6 heteroatoms. The van der Waals surface area contributed by atoms with Gasteiger partial charge in [0, 0.05) is 48.5 Å². The first-order valence-electron chi connectivity index (χ1n) is 10.5. The second-order valence-electron chi connectivity index (χ2n) is 7.90. The van der Waals surface area contributed by atoms with Gasteiger partial charge in [0.1, 0.15) is 0 Å². The first-order valence-corrected chi connectivity index (χ1v) is 10.5. The number of fused-ring (bicyclic) bond motifs is 1. The topological polar surface area (TPSA) is 63.3 Å². The Balaban J connectivity index is 1.25. The molecule has 2 aromatic carbocycles. The minimum absolute atomic E-state index is 0.196. The van der Waals surface area contributed by atoms with Crippen LogP contribution in [0.1, 0.15) is 34.2 Å². The lowest BCUT2D eigenvalue weighted by Crippen LogP contribution is -2.30. The fourth-order valence-corrected chi connectivity index (χ4v) is 4.17. The van der Waals surface area contributed by atoms with Crippen molar-refractivity contribution in [3.8, 4) is 5.69 Å². The summed E-state index contributed by atoms with van der Waals surface area (Å²) in [5.74, 6) is 0.186. The van der Waals surface area contributed by atoms with E-state index >= 15 is 0 Å². The number of nitrogens with one attached hydrogen (secondary N) is 1. The number of benzene rings is 2. The summed E-state index contributed by atoms with van der Waals surface area (Å²) in [5, 5.41) is 2.98. The van der Waals surface area contributed by atoms with Crippen LogP contribution >= 0.6 is 0 Å². The maximum absolute atomic E-state index is 12.8. The van der Waals surface area contributed by atoms with E-state index in [0.29, 0.717) is 24.9 Å². The van der Waals surface area contributed by atoms with E-state index in [9.17, 15) is 4.79 Å². The average molecular weight is 412 g/mol. The smallest absolute Gasteiger partial charge is 0.287 e. The number of imidazole rings is 1. The molecule has 0 saturated carbocycles. The molecule has 1 amide bonds. The number of amides is 1. The van der Waals surface area contributed by atoms with Crippen LogP contribution in [-0.4, -0.2) is 21.5 Å². The van der Waals surface area contributed by atoms with Gasteiger partial charge in [0.2, 0.25) is 0 Å². The van der Waals surface area contributed by atoms with Gasteiger partial charge in [-0.2, -0.15) is 0 Å². The first-order chi connectivity index (χ1) is 15.2. The molecule has 1 aliphatic heterocycles. The molecular weight excluding hydrogens is 388 g/mol. The standard InChI is InChI=1S/C25H24N4O2/c1-18-14-20-4-2-3-5-23(20)29(18)16-21-10-13-31-24(21)25(30)27-15-19-6-8-22(9-7-19)28-12-11-26-17-28/h2-13,17-18H,14-16H2,1H3,(H,27,30). The Morgan fingerprint density at radius 3 is 2.81 bits per heavy atom. The summed E-state index contributed by atoms with van der Waals surface area (Å²) in [6.07, 6.45) is 8.02. The van der Waals surface area contributed by atoms with Gasteiger partial charge in [0.05, 0.1) is 12.6 Å². The van der Waals surface area contributed by atoms with Crippen LogP contribution < -0.4 is 10.2 Å². The molecule has 0 saturated heterocycles. The number of hydrogen-bond acceptors (Lipinski definition) is 4. The van der Waals surface area contributed by atoms with Crippen molar-refractivity contribution in [2.24, 2.45) is 0 Å². The molecule has 0 bridgehead atoms. The molecule has 1 atom stereocenters. The Morgan fingerprint density at radius 2 is 2.00 bits per heavy atom. The highest BCUT2D eigenvalue weighted by molar-refractivity contribution is 5.93. The Morgan fingerprint density at radius 1 is 1.16 bits per heavy atom. The van der Waals surface area contributed by atoms with Gasteiger partial charge in [0.15, 0.2) is 5.76 Å². The summed E-state index contributed by atoms with van der Waals surface area (Å²) in [5.41, 5.74) is 5.54.